The average Bonchev–Trinajstić information content (AvgIpc) is 2.52. The minimum absolute atomic E-state index is 0.556. The number of hydrogen-bond acceptors (Lipinski definition) is 4. The quantitative estimate of drug-likeness (QED) is 0.460. The molecule has 0 saturated heterocycles. The Morgan fingerprint density at radius 3 is 3.14 bits per heavy atom. The van der Waals surface area contributed by atoms with E-state index in [9.17, 15) is 0 Å². The van der Waals surface area contributed by atoms with Crippen molar-refractivity contribution in [3.63, 3.8) is 0 Å². The molecule has 0 aliphatic carbocycles. The molecule has 1 aromatic heterocycles. The number of rotatable bonds is 6. The molecule has 0 saturated carbocycles. The molecular weight excluding hydrogens is 212 g/mol. The Hall–Kier alpha value is -0.320. The third-order valence-corrected chi connectivity index (χ3v) is 3.81. The van der Waals surface area contributed by atoms with Gasteiger partial charge in [-0.25, -0.2) is 4.98 Å². The van der Waals surface area contributed by atoms with Gasteiger partial charge >= 0.3 is 0 Å². The number of aromatic nitrogens is 1. The van der Waals surface area contributed by atoms with Gasteiger partial charge in [0, 0.05) is 29.4 Å². The van der Waals surface area contributed by atoms with E-state index in [2.05, 4.69) is 29.2 Å². The Kier molecular flexibility index (Phi) is 5.22. The van der Waals surface area contributed by atoms with Crippen LogP contribution in [0.15, 0.2) is 22.4 Å². The highest BCUT2D eigenvalue weighted by Gasteiger charge is 2.06. The lowest BCUT2D eigenvalue weighted by molar-refractivity contribution is 0.740. The highest BCUT2D eigenvalue weighted by molar-refractivity contribution is 8.01. The summed E-state index contributed by atoms with van der Waals surface area (Å²) in [6.45, 7) is 9.77. The predicted molar refractivity (Wildman–Crippen MR) is 65.2 cm³/mol. The fourth-order valence-corrected chi connectivity index (χ4v) is 3.11. The van der Waals surface area contributed by atoms with E-state index in [1.165, 1.54) is 0 Å². The number of nitrogens with zero attached hydrogens (tertiary/aromatic N) is 1. The highest BCUT2D eigenvalue weighted by atomic mass is 32.2. The molecular formula is C10H16N2S2. The second-order valence-electron chi connectivity index (χ2n) is 3.13. The summed E-state index contributed by atoms with van der Waals surface area (Å²) < 4.78 is 1.16. The largest absolute Gasteiger partial charge is 0.312 e. The summed E-state index contributed by atoms with van der Waals surface area (Å²) in [5.74, 6) is 0. The Morgan fingerprint density at radius 1 is 1.79 bits per heavy atom. The molecule has 1 atom stereocenters. The third-order valence-electron chi connectivity index (χ3n) is 1.62. The first-order valence-corrected chi connectivity index (χ1v) is 6.38. The highest BCUT2D eigenvalue weighted by Crippen LogP contribution is 2.25. The Labute approximate surface area is 93.8 Å². The first kappa shape index (κ1) is 11.8. The lowest BCUT2D eigenvalue weighted by atomic mass is 10.4. The topological polar surface area (TPSA) is 24.9 Å². The van der Waals surface area contributed by atoms with Gasteiger partial charge in [0.25, 0.3) is 0 Å². The maximum Gasteiger partial charge on any atom is 0.150 e. The SMILES string of the molecule is C=CCNCC(C)Sc1nc(C)cs1. The van der Waals surface area contributed by atoms with Gasteiger partial charge in [-0.1, -0.05) is 24.8 Å². The molecule has 0 aliphatic rings. The second kappa shape index (κ2) is 6.22. The number of thiazole rings is 1. The van der Waals surface area contributed by atoms with Crippen molar-refractivity contribution in [2.75, 3.05) is 13.1 Å². The van der Waals surface area contributed by atoms with Gasteiger partial charge in [0.15, 0.2) is 0 Å². The van der Waals surface area contributed by atoms with E-state index in [-0.39, 0.29) is 0 Å². The van der Waals surface area contributed by atoms with Crippen molar-refractivity contribution in [2.24, 2.45) is 0 Å². The molecule has 14 heavy (non-hydrogen) atoms. The lowest BCUT2D eigenvalue weighted by Crippen LogP contribution is -2.22. The van der Waals surface area contributed by atoms with E-state index >= 15 is 0 Å². The van der Waals surface area contributed by atoms with Crippen LogP contribution in [0.5, 0.6) is 0 Å². The molecule has 0 aromatic carbocycles. The fourth-order valence-electron chi connectivity index (χ4n) is 0.989. The van der Waals surface area contributed by atoms with E-state index in [4.69, 9.17) is 0 Å². The summed E-state index contributed by atoms with van der Waals surface area (Å²) >= 11 is 3.55. The van der Waals surface area contributed by atoms with Crippen molar-refractivity contribution in [1.82, 2.24) is 10.3 Å². The van der Waals surface area contributed by atoms with Crippen LogP contribution in [0, 0.1) is 6.92 Å². The molecule has 1 unspecified atom stereocenters. The van der Waals surface area contributed by atoms with E-state index in [1.54, 1.807) is 11.3 Å². The zero-order valence-corrected chi connectivity index (χ0v) is 10.3. The maximum atomic E-state index is 4.41. The number of hydrogen-bond donors (Lipinski definition) is 1. The third kappa shape index (κ3) is 4.26. The maximum absolute atomic E-state index is 4.41. The predicted octanol–water partition coefficient (Wildman–Crippen LogP) is 2.71. The molecule has 4 heteroatoms. The molecule has 1 N–H and O–H groups in total. The molecule has 1 heterocycles. The molecule has 2 nitrogen and oxygen atoms in total. The van der Waals surface area contributed by atoms with Gasteiger partial charge in [0.1, 0.15) is 4.34 Å². The summed E-state index contributed by atoms with van der Waals surface area (Å²) in [4.78, 5) is 4.41. The molecule has 1 aromatic rings. The van der Waals surface area contributed by atoms with Crippen LogP contribution in [-0.4, -0.2) is 23.3 Å². The van der Waals surface area contributed by atoms with Crippen LogP contribution in [0.2, 0.25) is 0 Å². The molecule has 78 valence electrons. The summed E-state index contributed by atoms with van der Waals surface area (Å²) in [5, 5.41) is 5.95. The van der Waals surface area contributed by atoms with Crippen LogP contribution in [0.25, 0.3) is 0 Å². The molecule has 0 bridgehead atoms. The number of aryl methyl sites for hydroxylation is 1. The number of thioether (sulfide) groups is 1. The van der Waals surface area contributed by atoms with Crippen LogP contribution < -0.4 is 5.32 Å². The average molecular weight is 228 g/mol. The van der Waals surface area contributed by atoms with Crippen LogP contribution in [0.3, 0.4) is 0 Å². The zero-order valence-electron chi connectivity index (χ0n) is 8.62. The minimum atomic E-state index is 0.556. The summed E-state index contributed by atoms with van der Waals surface area (Å²) in [6.07, 6.45) is 1.88. The summed E-state index contributed by atoms with van der Waals surface area (Å²) in [7, 11) is 0. The van der Waals surface area contributed by atoms with Crippen molar-refractivity contribution in [2.45, 2.75) is 23.4 Å². The van der Waals surface area contributed by atoms with Gasteiger partial charge in [-0.05, 0) is 6.92 Å². The fraction of sp³-hybridized carbons (Fsp3) is 0.500. The molecule has 0 radical (unpaired) electrons. The van der Waals surface area contributed by atoms with Crippen LogP contribution in [0.1, 0.15) is 12.6 Å². The first-order valence-electron chi connectivity index (χ1n) is 4.62. The normalized spacial score (nSPS) is 12.7. The van der Waals surface area contributed by atoms with Crippen LogP contribution in [-0.2, 0) is 0 Å². The van der Waals surface area contributed by atoms with Gasteiger partial charge in [-0.3, -0.25) is 0 Å². The van der Waals surface area contributed by atoms with Crippen LogP contribution >= 0.6 is 23.1 Å². The van der Waals surface area contributed by atoms with Crippen molar-refractivity contribution >= 4 is 23.1 Å². The van der Waals surface area contributed by atoms with E-state index in [0.717, 1.165) is 23.1 Å². The Morgan fingerprint density at radius 2 is 2.57 bits per heavy atom. The second-order valence-corrected chi connectivity index (χ2v) is 5.67. The van der Waals surface area contributed by atoms with Gasteiger partial charge in [0.2, 0.25) is 0 Å². The lowest BCUT2D eigenvalue weighted by Gasteiger charge is -2.08. The van der Waals surface area contributed by atoms with E-state index in [1.807, 2.05) is 24.8 Å². The Balaban J connectivity index is 2.26. The van der Waals surface area contributed by atoms with Gasteiger partial charge in [-0.2, -0.15) is 0 Å². The molecule has 0 aliphatic heterocycles. The first-order chi connectivity index (χ1) is 6.72. The Bertz CT molecular complexity index is 283. The summed E-state index contributed by atoms with van der Waals surface area (Å²) in [5.41, 5.74) is 1.11. The van der Waals surface area contributed by atoms with Crippen molar-refractivity contribution < 1.29 is 0 Å². The molecule has 0 fully saturated rings. The molecule has 0 spiro atoms. The van der Waals surface area contributed by atoms with Gasteiger partial charge in [-0.15, -0.1) is 17.9 Å². The smallest absolute Gasteiger partial charge is 0.150 e. The molecule has 0 amide bonds. The molecule has 1 rings (SSSR count). The van der Waals surface area contributed by atoms with Crippen molar-refractivity contribution in [3.8, 4) is 0 Å². The van der Waals surface area contributed by atoms with Gasteiger partial charge in [0.05, 0.1) is 0 Å². The van der Waals surface area contributed by atoms with E-state index in [0.29, 0.717) is 5.25 Å². The van der Waals surface area contributed by atoms with E-state index < -0.39 is 0 Å². The van der Waals surface area contributed by atoms with Crippen molar-refractivity contribution in [3.05, 3.63) is 23.7 Å². The monoisotopic (exact) mass is 228 g/mol. The van der Waals surface area contributed by atoms with Crippen LogP contribution in [0.4, 0.5) is 0 Å². The number of nitrogens with one attached hydrogen (secondary N) is 1. The van der Waals surface area contributed by atoms with Crippen molar-refractivity contribution in [1.29, 1.82) is 0 Å². The zero-order chi connectivity index (χ0) is 10.4. The standard InChI is InChI=1S/C10H16N2S2/c1-4-5-11-6-9(3)14-10-12-8(2)7-13-10/h4,7,9,11H,1,5-6H2,2-3H3. The summed E-state index contributed by atoms with van der Waals surface area (Å²) in [6, 6.07) is 0. The van der Waals surface area contributed by atoms with Gasteiger partial charge < -0.3 is 5.32 Å². The minimum Gasteiger partial charge on any atom is -0.312 e.